The van der Waals surface area contributed by atoms with Gasteiger partial charge >= 0.3 is 0 Å². The first-order chi connectivity index (χ1) is 11.6. The Bertz CT molecular complexity index is 771. The summed E-state index contributed by atoms with van der Waals surface area (Å²) in [6.07, 6.45) is 0. The van der Waals surface area contributed by atoms with Gasteiger partial charge in [0.15, 0.2) is 0 Å². The average Bonchev–Trinajstić information content (AvgIpc) is 2.75. The second kappa shape index (κ2) is 6.72. The number of aryl methyl sites for hydroxylation is 1. The van der Waals surface area contributed by atoms with Crippen molar-refractivity contribution in [3.63, 3.8) is 0 Å². The van der Waals surface area contributed by atoms with Gasteiger partial charge in [0.05, 0.1) is 12.1 Å². The van der Waals surface area contributed by atoms with E-state index < -0.39 is 5.91 Å². The number of hydroxylamine groups is 1. The molecule has 1 aliphatic heterocycles. The van der Waals surface area contributed by atoms with Gasteiger partial charge in [0.25, 0.3) is 11.8 Å². The fourth-order valence-electron chi connectivity index (χ4n) is 2.63. The van der Waals surface area contributed by atoms with E-state index >= 15 is 0 Å². The Morgan fingerprint density at radius 2 is 2.00 bits per heavy atom. The Balaban J connectivity index is 1.85. The van der Waals surface area contributed by atoms with Gasteiger partial charge in [-0.2, -0.15) is 0 Å². The van der Waals surface area contributed by atoms with Gasteiger partial charge in [0.1, 0.15) is 12.4 Å². The molecular formula is C18H18N2O4. The number of carbonyl (C=O) groups excluding carboxylic acids is 2. The molecule has 2 amide bonds. The molecule has 0 aromatic heterocycles. The van der Waals surface area contributed by atoms with E-state index in [1.165, 1.54) is 17.7 Å². The molecule has 0 atom stereocenters. The normalized spacial score (nSPS) is 13.8. The third kappa shape index (κ3) is 3.23. The van der Waals surface area contributed by atoms with Crippen LogP contribution in [0.1, 0.15) is 31.8 Å². The molecular weight excluding hydrogens is 308 g/mol. The molecule has 1 aliphatic rings. The standard InChI is InChI=1S/C18H18N2O4/c1-12-2-4-13(5-3-12)11-20-8-9-24-16-10-14(17(21)19-23)6-7-15(16)18(20)22/h2-7,10,23H,8-9,11H2,1H3,(H,19,21). The first kappa shape index (κ1) is 16.0. The molecule has 0 spiro atoms. The van der Waals surface area contributed by atoms with Crippen LogP contribution in [0.25, 0.3) is 0 Å². The van der Waals surface area contributed by atoms with Gasteiger partial charge in [-0.15, -0.1) is 0 Å². The second-order valence-corrected chi connectivity index (χ2v) is 5.71. The third-order valence-corrected chi connectivity index (χ3v) is 3.98. The molecule has 0 aliphatic carbocycles. The van der Waals surface area contributed by atoms with E-state index in [0.717, 1.165) is 5.56 Å². The summed E-state index contributed by atoms with van der Waals surface area (Å²) in [4.78, 5) is 26.0. The lowest BCUT2D eigenvalue weighted by atomic mass is 10.1. The van der Waals surface area contributed by atoms with Crippen molar-refractivity contribution < 1.29 is 19.5 Å². The highest BCUT2D eigenvalue weighted by Gasteiger charge is 2.24. The topological polar surface area (TPSA) is 78.9 Å². The van der Waals surface area contributed by atoms with E-state index in [1.807, 2.05) is 31.2 Å². The molecule has 24 heavy (non-hydrogen) atoms. The number of nitrogens with one attached hydrogen (secondary N) is 1. The van der Waals surface area contributed by atoms with Crippen LogP contribution in [0.15, 0.2) is 42.5 Å². The fourth-order valence-corrected chi connectivity index (χ4v) is 2.63. The van der Waals surface area contributed by atoms with Crippen LogP contribution in [0.5, 0.6) is 5.75 Å². The Hall–Kier alpha value is -2.86. The first-order valence-electron chi connectivity index (χ1n) is 7.64. The lowest BCUT2D eigenvalue weighted by Gasteiger charge is -2.20. The minimum absolute atomic E-state index is 0.140. The zero-order valence-corrected chi connectivity index (χ0v) is 13.3. The highest BCUT2D eigenvalue weighted by atomic mass is 16.5. The van der Waals surface area contributed by atoms with Gasteiger partial charge in [-0.3, -0.25) is 14.8 Å². The van der Waals surface area contributed by atoms with Crippen molar-refractivity contribution in [2.24, 2.45) is 0 Å². The quantitative estimate of drug-likeness (QED) is 0.669. The van der Waals surface area contributed by atoms with Crippen LogP contribution in [-0.4, -0.2) is 35.1 Å². The van der Waals surface area contributed by atoms with Crippen molar-refractivity contribution in [2.45, 2.75) is 13.5 Å². The first-order valence-corrected chi connectivity index (χ1v) is 7.64. The fraction of sp³-hybridized carbons (Fsp3) is 0.222. The molecule has 6 nitrogen and oxygen atoms in total. The molecule has 6 heteroatoms. The molecule has 0 bridgehead atoms. The monoisotopic (exact) mass is 326 g/mol. The van der Waals surface area contributed by atoms with Crippen LogP contribution in [0.3, 0.4) is 0 Å². The molecule has 2 aromatic rings. The smallest absolute Gasteiger partial charge is 0.274 e. The van der Waals surface area contributed by atoms with E-state index in [2.05, 4.69) is 0 Å². The van der Waals surface area contributed by atoms with Crippen molar-refractivity contribution in [1.29, 1.82) is 0 Å². The molecule has 0 saturated heterocycles. The average molecular weight is 326 g/mol. The van der Waals surface area contributed by atoms with Gasteiger partial charge in [-0.1, -0.05) is 29.8 Å². The van der Waals surface area contributed by atoms with E-state index in [-0.39, 0.29) is 11.5 Å². The van der Waals surface area contributed by atoms with Crippen LogP contribution < -0.4 is 10.2 Å². The Morgan fingerprint density at radius 3 is 2.71 bits per heavy atom. The maximum atomic E-state index is 12.8. The second-order valence-electron chi connectivity index (χ2n) is 5.71. The molecule has 0 radical (unpaired) electrons. The lowest BCUT2D eigenvalue weighted by Crippen LogP contribution is -2.31. The summed E-state index contributed by atoms with van der Waals surface area (Å²) in [6.45, 7) is 3.32. The summed E-state index contributed by atoms with van der Waals surface area (Å²) in [6, 6.07) is 12.5. The van der Waals surface area contributed by atoms with E-state index in [1.54, 1.807) is 16.4 Å². The van der Waals surface area contributed by atoms with Gasteiger partial charge in [0, 0.05) is 12.1 Å². The number of nitrogens with zero attached hydrogens (tertiary/aromatic N) is 1. The van der Waals surface area contributed by atoms with Gasteiger partial charge in [-0.25, -0.2) is 5.48 Å². The predicted molar refractivity (Wildman–Crippen MR) is 87.1 cm³/mol. The summed E-state index contributed by atoms with van der Waals surface area (Å²) in [5.41, 5.74) is 4.44. The zero-order valence-electron chi connectivity index (χ0n) is 13.3. The number of ether oxygens (including phenoxy) is 1. The number of hydrogen-bond acceptors (Lipinski definition) is 4. The summed E-state index contributed by atoms with van der Waals surface area (Å²) in [5, 5.41) is 8.71. The largest absolute Gasteiger partial charge is 0.491 e. The number of benzene rings is 2. The summed E-state index contributed by atoms with van der Waals surface area (Å²) in [5.74, 6) is -0.429. The van der Waals surface area contributed by atoms with Crippen molar-refractivity contribution in [1.82, 2.24) is 10.4 Å². The molecule has 0 fully saturated rings. The van der Waals surface area contributed by atoms with Crippen molar-refractivity contribution in [2.75, 3.05) is 13.2 Å². The molecule has 124 valence electrons. The Labute approximate surface area is 139 Å². The van der Waals surface area contributed by atoms with E-state index in [9.17, 15) is 9.59 Å². The summed E-state index contributed by atoms with van der Waals surface area (Å²) >= 11 is 0. The number of amides is 2. The predicted octanol–water partition coefficient (Wildman–Crippen LogP) is 2.15. The highest BCUT2D eigenvalue weighted by molar-refractivity contribution is 6.00. The summed E-state index contributed by atoms with van der Waals surface area (Å²) < 4.78 is 5.62. The minimum Gasteiger partial charge on any atom is -0.491 e. The number of carbonyl (C=O) groups is 2. The van der Waals surface area contributed by atoms with Gasteiger partial charge in [0.2, 0.25) is 0 Å². The molecule has 2 aromatic carbocycles. The molecule has 2 N–H and O–H groups in total. The van der Waals surface area contributed by atoms with Crippen LogP contribution in [0, 0.1) is 6.92 Å². The van der Waals surface area contributed by atoms with Gasteiger partial charge in [-0.05, 0) is 30.7 Å². The zero-order chi connectivity index (χ0) is 17.1. The highest BCUT2D eigenvalue weighted by Crippen LogP contribution is 2.25. The van der Waals surface area contributed by atoms with Crippen LogP contribution >= 0.6 is 0 Å². The maximum Gasteiger partial charge on any atom is 0.274 e. The van der Waals surface area contributed by atoms with Crippen molar-refractivity contribution >= 4 is 11.8 Å². The van der Waals surface area contributed by atoms with Crippen LogP contribution in [0.2, 0.25) is 0 Å². The van der Waals surface area contributed by atoms with E-state index in [0.29, 0.717) is 31.0 Å². The van der Waals surface area contributed by atoms with Gasteiger partial charge < -0.3 is 9.64 Å². The number of fused-ring (bicyclic) bond motifs is 1. The van der Waals surface area contributed by atoms with Crippen molar-refractivity contribution in [3.05, 3.63) is 64.7 Å². The molecule has 0 saturated carbocycles. The lowest BCUT2D eigenvalue weighted by molar-refractivity contribution is 0.0704. The number of rotatable bonds is 3. The molecule has 0 unspecified atom stereocenters. The summed E-state index contributed by atoms with van der Waals surface area (Å²) in [7, 11) is 0. The molecule has 1 heterocycles. The van der Waals surface area contributed by atoms with Crippen molar-refractivity contribution in [3.8, 4) is 5.75 Å². The van der Waals surface area contributed by atoms with Crippen LogP contribution in [0.4, 0.5) is 0 Å². The minimum atomic E-state index is -0.644. The molecule has 3 rings (SSSR count). The maximum absolute atomic E-state index is 12.8. The number of hydrogen-bond donors (Lipinski definition) is 2. The Morgan fingerprint density at radius 1 is 1.25 bits per heavy atom. The third-order valence-electron chi connectivity index (χ3n) is 3.98. The SMILES string of the molecule is Cc1ccc(CN2CCOc3cc(C(=O)NO)ccc3C2=O)cc1. The van der Waals surface area contributed by atoms with E-state index in [4.69, 9.17) is 9.94 Å². The van der Waals surface area contributed by atoms with Crippen LogP contribution in [-0.2, 0) is 6.54 Å². The Kier molecular flexibility index (Phi) is 4.48.